The number of rotatable bonds is 2. The van der Waals surface area contributed by atoms with E-state index in [1.165, 1.54) is 8.86 Å². The molecule has 2 nitrogen and oxygen atoms in total. The first-order valence-corrected chi connectivity index (χ1v) is 5.22. The Bertz CT molecular complexity index is 20.0. The Kier molecular flexibility index (Phi) is 23.8. The van der Waals surface area contributed by atoms with Gasteiger partial charge in [-0.05, 0) is 0 Å². The SMILES string of the molecule is ICCI.OCCO. The molecule has 4 heteroatoms. The predicted octanol–water partition coefficient (Wildman–Crippen LogP) is 0.827. The van der Waals surface area contributed by atoms with Gasteiger partial charge in [0.05, 0.1) is 13.2 Å². The Labute approximate surface area is 77.0 Å². The van der Waals surface area contributed by atoms with Crippen molar-refractivity contribution in [3.05, 3.63) is 0 Å². The molecule has 52 valence electrons. The van der Waals surface area contributed by atoms with E-state index >= 15 is 0 Å². The van der Waals surface area contributed by atoms with Gasteiger partial charge in [0.15, 0.2) is 0 Å². The lowest BCUT2D eigenvalue weighted by molar-refractivity contribution is 0.186. The molecule has 0 aliphatic carbocycles. The fraction of sp³-hybridized carbons (Fsp3) is 1.00. The highest BCUT2D eigenvalue weighted by Crippen LogP contribution is 1.84. The number of aliphatic hydroxyl groups is 2. The van der Waals surface area contributed by atoms with Crippen LogP contribution in [0, 0.1) is 0 Å². The molecule has 0 aromatic carbocycles. The highest BCUT2D eigenvalue weighted by atomic mass is 127. The van der Waals surface area contributed by atoms with Crippen molar-refractivity contribution in [2.24, 2.45) is 0 Å². The van der Waals surface area contributed by atoms with Crippen molar-refractivity contribution in [2.45, 2.75) is 0 Å². The van der Waals surface area contributed by atoms with E-state index in [2.05, 4.69) is 45.2 Å². The summed E-state index contributed by atoms with van der Waals surface area (Å²) in [4.78, 5) is 0. The van der Waals surface area contributed by atoms with Crippen LogP contribution in [0.5, 0.6) is 0 Å². The molecule has 0 heterocycles. The number of hydrogen-bond donors (Lipinski definition) is 2. The molecule has 8 heavy (non-hydrogen) atoms. The van der Waals surface area contributed by atoms with E-state index < -0.39 is 0 Å². The standard InChI is InChI=1S/C2H4I2.C2H6O2/c2*3-1-2-4/h1-2H2;3-4H,1-2H2. The second kappa shape index (κ2) is 15.8. The summed E-state index contributed by atoms with van der Waals surface area (Å²) in [5, 5.41) is 15.2. The first-order valence-electron chi connectivity index (χ1n) is 2.17. The molecule has 0 rings (SSSR count). The van der Waals surface area contributed by atoms with Crippen molar-refractivity contribution in [1.82, 2.24) is 0 Å². The molecule has 0 atom stereocenters. The van der Waals surface area contributed by atoms with E-state index in [-0.39, 0.29) is 13.2 Å². The third kappa shape index (κ3) is 26.3. The van der Waals surface area contributed by atoms with Gasteiger partial charge in [-0.3, -0.25) is 0 Å². The van der Waals surface area contributed by atoms with E-state index in [4.69, 9.17) is 10.2 Å². The van der Waals surface area contributed by atoms with Crippen LogP contribution in [0.1, 0.15) is 0 Å². The number of halogens is 2. The Balaban J connectivity index is 0. The van der Waals surface area contributed by atoms with E-state index in [1.807, 2.05) is 0 Å². The molecule has 0 saturated carbocycles. The monoisotopic (exact) mass is 344 g/mol. The molecular weight excluding hydrogens is 334 g/mol. The summed E-state index contributed by atoms with van der Waals surface area (Å²) in [6.45, 7) is -0.250. The zero-order valence-corrected chi connectivity index (χ0v) is 8.79. The molecule has 0 aromatic rings. The van der Waals surface area contributed by atoms with Crippen LogP contribution >= 0.6 is 45.2 Å². The Morgan fingerprint density at radius 3 is 1.12 bits per heavy atom. The van der Waals surface area contributed by atoms with Crippen molar-refractivity contribution in [3.8, 4) is 0 Å². The Morgan fingerprint density at radius 2 is 1.12 bits per heavy atom. The zero-order valence-electron chi connectivity index (χ0n) is 4.48. The summed E-state index contributed by atoms with van der Waals surface area (Å²) in [6.07, 6.45) is 0. The fourth-order valence-electron chi connectivity index (χ4n) is 0. The minimum atomic E-state index is -0.125. The van der Waals surface area contributed by atoms with Crippen LogP contribution in [0.3, 0.4) is 0 Å². The van der Waals surface area contributed by atoms with E-state index in [0.29, 0.717) is 0 Å². The van der Waals surface area contributed by atoms with Crippen molar-refractivity contribution in [1.29, 1.82) is 0 Å². The van der Waals surface area contributed by atoms with Crippen LogP contribution in [-0.2, 0) is 0 Å². The average molecular weight is 344 g/mol. The summed E-state index contributed by atoms with van der Waals surface area (Å²) in [5.74, 6) is 0. The number of alkyl halides is 2. The Morgan fingerprint density at radius 1 is 0.875 bits per heavy atom. The van der Waals surface area contributed by atoms with Gasteiger partial charge in [0.1, 0.15) is 0 Å². The van der Waals surface area contributed by atoms with Crippen LogP contribution in [0.2, 0.25) is 0 Å². The van der Waals surface area contributed by atoms with Crippen LogP contribution < -0.4 is 0 Å². The molecule has 0 bridgehead atoms. The summed E-state index contributed by atoms with van der Waals surface area (Å²) in [5.41, 5.74) is 0. The predicted molar refractivity (Wildman–Crippen MR) is 51.9 cm³/mol. The van der Waals surface area contributed by atoms with Gasteiger partial charge in [-0.1, -0.05) is 45.2 Å². The molecule has 2 N–H and O–H groups in total. The fourth-order valence-corrected chi connectivity index (χ4v) is 0. The number of aliphatic hydroxyl groups excluding tert-OH is 2. The van der Waals surface area contributed by atoms with E-state index in [9.17, 15) is 0 Å². The second-order valence-corrected chi connectivity index (χ2v) is 2.98. The maximum atomic E-state index is 7.62. The smallest absolute Gasteiger partial charge is 0.0662 e. The molecular formula is C4H10I2O2. The highest BCUT2D eigenvalue weighted by Gasteiger charge is 1.60. The lowest BCUT2D eigenvalue weighted by Crippen LogP contribution is -1.85. The molecule has 0 aliphatic heterocycles. The summed E-state index contributed by atoms with van der Waals surface area (Å²) in [6, 6.07) is 0. The van der Waals surface area contributed by atoms with Crippen LogP contribution in [0.15, 0.2) is 0 Å². The van der Waals surface area contributed by atoms with Gasteiger partial charge < -0.3 is 10.2 Å². The maximum absolute atomic E-state index is 7.62. The number of hydrogen-bond acceptors (Lipinski definition) is 2. The third-order valence-electron chi connectivity index (χ3n) is 0.171. The van der Waals surface area contributed by atoms with Gasteiger partial charge in [0.25, 0.3) is 0 Å². The summed E-state index contributed by atoms with van der Waals surface area (Å²) >= 11 is 4.69. The first kappa shape index (κ1) is 12.1. The Hall–Kier alpha value is 1.38. The highest BCUT2D eigenvalue weighted by molar-refractivity contribution is 14.1. The summed E-state index contributed by atoms with van der Waals surface area (Å²) < 4.78 is 2.55. The molecule has 0 unspecified atom stereocenters. The minimum absolute atomic E-state index is 0.125. The maximum Gasteiger partial charge on any atom is 0.0662 e. The van der Waals surface area contributed by atoms with Gasteiger partial charge in [-0.15, -0.1) is 0 Å². The van der Waals surface area contributed by atoms with Crippen LogP contribution in [0.4, 0.5) is 0 Å². The first-order chi connectivity index (χ1) is 3.83. The molecule has 0 spiro atoms. The normalized spacial score (nSPS) is 7.50. The molecule has 0 aliphatic rings. The van der Waals surface area contributed by atoms with Crippen LogP contribution in [-0.4, -0.2) is 32.3 Å². The molecule has 0 aromatic heterocycles. The summed E-state index contributed by atoms with van der Waals surface area (Å²) in [7, 11) is 0. The van der Waals surface area contributed by atoms with Gasteiger partial charge in [-0.25, -0.2) is 0 Å². The van der Waals surface area contributed by atoms with Crippen molar-refractivity contribution in [3.63, 3.8) is 0 Å². The zero-order chi connectivity index (χ0) is 6.83. The average Bonchev–Trinajstić information content (AvgIpc) is 1.88. The van der Waals surface area contributed by atoms with Crippen LogP contribution in [0.25, 0.3) is 0 Å². The largest absolute Gasteiger partial charge is 0.394 e. The minimum Gasteiger partial charge on any atom is -0.394 e. The molecule has 0 saturated heterocycles. The molecule has 0 fully saturated rings. The van der Waals surface area contributed by atoms with E-state index in [0.717, 1.165) is 0 Å². The lowest BCUT2D eigenvalue weighted by atomic mass is 10.8. The van der Waals surface area contributed by atoms with E-state index in [1.54, 1.807) is 0 Å². The third-order valence-corrected chi connectivity index (χ3v) is 3.31. The second-order valence-electron chi connectivity index (χ2n) is 0.825. The van der Waals surface area contributed by atoms with Gasteiger partial charge >= 0.3 is 0 Å². The molecule has 0 amide bonds. The topological polar surface area (TPSA) is 40.5 Å². The quantitative estimate of drug-likeness (QED) is 0.576. The lowest BCUT2D eigenvalue weighted by Gasteiger charge is -1.70. The molecule has 0 radical (unpaired) electrons. The van der Waals surface area contributed by atoms with Crippen molar-refractivity contribution >= 4 is 45.2 Å². The van der Waals surface area contributed by atoms with Gasteiger partial charge in [0, 0.05) is 8.86 Å². The van der Waals surface area contributed by atoms with Gasteiger partial charge in [0.2, 0.25) is 0 Å². The van der Waals surface area contributed by atoms with Gasteiger partial charge in [-0.2, -0.15) is 0 Å². The van der Waals surface area contributed by atoms with Crippen molar-refractivity contribution in [2.75, 3.05) is 22.1 Å². The van der Waals surface area contributed by atoms with Crippen molar-refractivity contribution < 1.29 is 10.2 Å².